The van der Waals surface area contributed by atoms with Gasteiger partial charge in [-0.3, -0.25) is 4.57 Å². The standard InChI is InChI=1S/C20H21N7O/c1-14-8-13-26(24-14)19-7-6-18(22-23-19)25-11-9-15(10-12-25)27-17-5-3-2-4-16(17)21-20(27)28/h2-8,13,15H,9-12H2,1H3,(H,21,28). The van der Waals surface area contributed by atoms with E-state index >= 15 is 0 Å². The number of anilines is 1. The van der Waals surface area contributed by atoms with Gasteiger partial charge in [-0.1, -0.05) is 12.1 Å². The van der Waals surface area contributed by atoms with Crippen molar-refractivity contribution in [3.8, 4) is 5.82 Å². The third-order valence-electron chi connectivity index (χ3n) is 5.37. The number of benzene rings is 1. The lowest BCUT2D eigenvalue weighted by atomic mass is 10.0. The highest BCUT2D eigenvalue weighted by molar-refractivity contribution is 5.75. The molecule has 0 spiro atoms. The number of imidazole rings is 1. The predicted molar refractivity (Wildman–Crippen MR) is 107 cm³/mol. The Morgan fingerprint density at radius 2 is 1.75 bits per heavy atom. The fourth-order valence-corrected chi connectivity index (χ4v) is 3.94. The molecule has 0 atom stereocenters. The van der Waals surface area contributed by atoms with Crippen LogP contribution in [0.3, 0.4) is 0 Å². The summed E-state index contributed by atoms with van der Waals surface area (Å²) in [6, 6.07) is 13.9. The molecule has 0 unspecified atom stereocenters. The van der Waals surface area contributed by atoms with Crippen molar-refractivity contribution in [1.29, 1.82) is 0 Å². The van der Waals surface area contributed by atoms with Crippen molar-refractivity contribution in [2.24, 2.45) is 0 Å². The molecule has 8 nitrogen and oxygen atoms in total. The van der Waals surface area contributed by atoms with Crippen LogP contribution in [0.1, 0.15) is 24.6 Å². The van der Waals surface area contributed by atoms with Gasteiger partial charge >= 0.3 is 5.69 Å². The van der Waals surface area contributed by atoms with E-state index in [1.165, 1.54) is 0 Å². The van der Waals surface area contributed by atoms with Crippen LogP contribution < -0.4 is 10.6 Å². The minimum atomic E-state index is -0.0293. The van der Waals surface area contributed by atoms with E-state index in [-0.39, 0.29) is 11.7 Å². The summed E-state index contributed by atoms with van der Waals surface area (Å²) in [5.74, 6) is 1.56. The third kappa shape index (κ3) is 2.87. The highest BCUT2D eigenvalue weighted by Gasteiger charge is 2.24. The predicted octanol–water partition coefficient (Wildman–Crippen LogP) is 2.46. The largest absolute Gasteiger partial charge is 0.355 e. The first kappa shape index (κ1) is 16.7. The lowest BCUT2D eigenvalue weighted by Gasteiger charge is -2.33. The Labute approximate surface area is 161 Å². The summed E-state index contributed by atoms with van der Waals surface area (Å²) in [7, 11) is 0. The fraction of sp³-hybridized carbons (Fsp3) is 0.300. The van der Waals surface area contributed by atoms with Gasteiger partial charge < -0.3 is 9.88 Å². The van der Waals surface area contributed by atoms with E-state index in [2.05, 4.69) is 25.2 Å². The number of hydrogen-bond acceptors (Lipinski definition) is 5. The molecule has 0 aliphatic carbocycles. The molecule has 0 bridgehead atoms. The average Bonchev–Trinajstić information content (AvgIpc) is 3.31. The second kappa shape index (κ2) is 6.63. The van der Waals surface area contributed by atoms with E-state index in [1.807, 2.05) is 60.2 Å². The van der Waals surface area contributed by atoms with Crippen molar-refractivity contribution in [3.05, 3.63) is 64.8 Å². The van der Waals surface area contributed by atoms with Crippen LogP contribution in [0.25, 0.3) is 16.9 Å². The second-order valence-corrected chi connectivity index (χ2v) is 7.19. The number of rotatable bonds is 3. The molecule has 8 heteroatoms. The molecule has 28 heavy (non-hydrogen) atoms. The van der Waals surface area contributed by atoms with Crippen LogP contribution in [0.4, 0.5) is 5.82 Å². The van der Waals surface area contributed by atoms with Crippen LogP contribution in [-0.2, 0) is 0 Å². The summed E-state index contributed by atoms with van der Waals surface area (Å²) in [5.41, 5.74) is 2.79. The summed E-state index contributed by atoms with van der Waals surface area (Å²) >= 11 is 0. The Balaban J connectivity index is 1.32. The number of aromatic nitrogens is 6. The number of aromatic amines is 1. The molecule has 1 aliphatic heterocycles. The molecule has 1 saturated heterocycles. The SMILES string of the molecule is Cc1ccn(-c2ccc(N3CCC(n4c(=O)[nH]c5ccccc54)CC3)nn2)n1. The number of nitrogens with zero attached hydrogens (tertiary/aromatic N) is 6. The molecule has 4 aromatic rings. The van der Waals surface area contributed by atoms with Crippen LogP contribution in [0.2, 0.25) is 0 Å². The minimum Gasteiger partial charge on any atom is -0.355 e. The molecule has 1 fully saturated rings. The average molecular weight is 375 g/mol. The van der Waals surface area contributed by atoms with Crippen LogP contribution in [0.15, 0.2) is 53.5 Å². The van der Waals surface area contributed by atoms with Gasteiger partial charge in [0.2, 0.25) is 0 Å². The number of aryl methyl sites for hydroxylation is 1. The zero-order valence-corrected chi connectivity index (χ0v) is 15.6. The number of piperidine rings is 1. The van der Waals surface area contributed by atoms with Crippen molar-refractivity contribution in [2.45, 2.75) is 25.8 Å². The summed E-state index contributed by atoms with van der Waals surface area (Å²) in [5, 5.41) is 13.1. The van der Waals surface area contributed by atoms with Gasteiger partial charge in [0, 0.05) is 25.3 Å². The maximum atomic E-state index is 12.4. The van der Waals surface area contributed by atoms with Gasteiger partial charge in [-0.05, 0) is 50.1 Å². The van der Waals surface area contributed by atoms with Crippen LogP contribution >= 0.6 is 0 Å². The molecule has 5 rings (SSSR count). The van der Waals surface area contributed by atoms with E-state index in [0.29, 0.717) is 5.82 Å². The topological polar surface area (TPSA) is 84.6 Å². The van der Waals surface area contributed by atoms with Crippen molar-refractivity contribution in [3.63, 3.8) is 0 Å². The van der Waals surface area contributed by atoms with Crippen molar-refractivity contribution < 1.29 is 0 Å². The van der Waals surface area contributed by atoms with Crippen molar-refractivity contribution in [1.82, 2.24) is 29.5 Å². The Bertz CT molecular complexity index is 1160. The highest BCUT2D eigenvalue weighted by atomic mass is 16.1. The van der Waals surface area contributed by atoms with E-state index < -0.39 is 0 Å². The van der Waals surface area contributed by atoms with E-state index in [0.717, 1.165) is 48.5 Å². The van der Waals surface area contributed by atoms with Gasteiger partial charge in [-0.2, -0.15) is 5.10 Å². The van der Waals surface area contributed by atoms with Crippen LogP contribution in [-0.4, -0.2) is 42.6 Å². The molecule has 0 saturated carbocycles. The number of fused-ring (bicyclic) bond motifs is 1. The zero-order valence-electron chi connectivity index (χ0n) is 15.6. The summed E-state index contributed by atoms with van der Waals surface area (Å²) in [4.78, 5) is 17.6. The van der Waals surface area contributed by atoms with E-state index in [4.69, 9.17) is 0 Å². The lowest BCUT2D eigenvalue weighted by Crippen LogP contribution is -2.37. The number of nitrogens with one attached hydrogen (secondary N) is 1. The first-order chi connectivity index (χ1) is 13.7. The summed E-state index contributed by atoms with van der Waals surface area (Å²) in [6.07, 6.45) is 3.66. The molecule has 1 aromatic carbocycles. The molecular weight excluding hydrogens is 354 g/mol. The van der Waals surface area contributed by atoms with E-state index in [9.17, 15) is 4.79 Å². The molecule has 142 valence electrons. The quantitative estimate of drug-likeness (QED) is 0.595. The maximum Gasteiger partial charge on any atom is 0.326 e. The number of para-hydroxylation sites is 2. The molecule has 0 amide bonds. The third-order valence-corrected chi connectivity index (χ3v) is 5.37. The van der Waals surface area contributed by atoms with Gasteiger partial charge in [-0.25, -0.2) is 9.48 Å². The fourth-order valence-electron chi connectivity index (χ4n) is 3.94. The Hall–Kier alpha value is -3.42. The molecular formula is C20H21N7O. The number of H-pyrrole nitrogens is 1. The summed E-state index contributed by atoms with van der Waals surface area (Å²) < 4.78 is 3.63. The first-order valence-corrected chi connectivity index (χ1v) is 9.49. The Kier molecular flexibility index (Phi) is 3.96. The monoisotopic (exact) mass is 375 g/mol. The smallest absolute Gasteiger partial charge is 0.326 e. The number of hydrogen-bond donors (Lipinski definition) is 1. The van der Waals surface area contributed by atoms with Gasteiger partial charge in [0.1, 0.15) is 0 Å². The van der Waals surface area contributed by atoms with E-state index in [1.54, 1.807) is 4.68 Å². The molecule has 3 aromatic heterocycles. The van der Waals surface area contributed by atoms with Crippen molar-refractivity contribution in [2.75, 3.05) is 18.0 Å². The first-order valence-electron chi connectivity index (χ1n) is 9.49. The molecule has 4 heterocycles. The minimum absolute atomic E-state index is 0.0293. The van der Waals surface area contributed by atoms with Gasteiger partial charge in [0.25, 0.3) is 0 Å². The van der Waals surface area contributed by atoms with Gasteiger partial charge in [-0.15, -0.1) is 10.2 Å². The zero-order chi connectivity index (χ0) is 19.1. The lowest BCUT2D eigenvalue weighted by molar-refractivity contribution is 0.395. The van der Waals surface area contributed by atoms with Crippen LogP contribution in [0.5, 0.6) is 0 Å². The van der Waals surface area contributed by atoms with Crippen molar-refractivity contribution >= 4 is 16.9 Å². The maximum absolute atomic E-state index is 12.4. The normalized spacial score (nSPS) is 15.4. The molecule has 1 aliphatic rings. The summed E-state index contributed by atoms with van der Waals surface area (Å²) in [6.45, 7) is 3.62. The molecule has 1 N–H and O–H groups in total. The Morgan fingerprint density at radius 1 is 1.00 bits per heavy atom. The Morgan fingerprint density at radius 3 is 2.46 bits per heavy atom. The van der Waals surface area contributed by atoms with Crippen LogP contribution in [0, 0.1) is 6.92 Å². The second-order valence-electron chi connectivity index (χ2n) is 7.19. The van der Waals surface area contributed by atoms with Gasteiger partial charge in [0.05, 0.1) is 16.7 Å². The highest BCUT2D eigenvalue weighted by Crippen LogP contribution is 2.27. The van der Waals surface area contributed by atoms with Gasteiger partial charge in [0.15, 0.2) is 11.6 Å². The molecule has 0 radical (unpaired) electrons.